The van der Waals surface area contributed by atoms with Crippen LogP contribution in [0.3, 0.4) is 0 Å². The van der Waals surface area contributed by atoms with Gasteiger partial charge in [-0.05, 0) is 31.8 Å². The van der Waals surface area contributed by atoms with Gasteiger partial charge in [0, 0.05) is 19.6 Å². The van der Waals surface area contributed by atoms with E-state index in [1.165, 1.54) is 45.6 Å². The van der Waals surface area contributed by atoms with Crippen molar-refractivity contribution in [1.82, 2.24) is 10.2 Å². The Kier molecular flexibility index (Phi) is 4.62. The van der Waals surface area contributed by atoms with E-state index in [0.717, 1.165) is 5.92 Å². The second kappa shape index (κ2) is 5.55. The third kappa shape index (κ3) is 4.07. The molecule has 2 nitrogen and oxygen atoms in total. The minimum absolute atomic E-state index is 0.810. The fourth-order valence-electron chi connectivity index (χ4n) is 1.76. The summed E-state index contributed by atoms with van der Waals surface area (Å²) >= 11 is 0. The van der Waals surface area contributed by atoms with Crippen LogP contribution in [0.4, 0.5) is 0 Å². The number of nitrogens with one attached hydrogen (secondary N) is 1. The quantitative estimate of drug-likeness (QED) is 0.672. The Hall–Kier alpha value is -0.0800. The van der Waals surface area contributed by atoms with Gasteiger partial charge in [-0.15, -0.1) is 0 Å². The molecular weight excluding hydrogens is 148 g/mol. The summed E-state index contributed by atoms with van der Waals surface area (Å²) in [6, 6.07) is 0. The summed E-state index contributed by atoms with van der Waals surface area (Å²) < 4.78 is 0. The zero-order chi connectivity index (χ0) is 8.81. The fraction of sp³-hybridized carbons (Fsp3) is 1.00. The van der Waals surface area contributed by atoms with Gasteiger partial charge >= 0.3 is 0 Å². The summed E-state index contributed by atoms with van der Waals surface area (Å²) in [6.45, 7) is 10.8. The van der Waals surface area contributed by atoms with Crippen molar-refractivity contribution in [2.75, 3.05) is 32.7 Å². The Labute approximate surface area is 76.3 Å². The smallest absolute Gasteiger partial charge is 0.0107 e. The zero-order valence-corrected chi connectivity index (χ0v) is 8.47. The van der Waals surface area contributed by atoms with Crippen LogP contribution < -0.4 is 5.32 Å². The van der Waals surface area contributed by atoms with Crippen molar-refractivity contribution in [1.29, 1.82) is 0 Å². The lowest BCUT2D eigenvalue weighted by molar-refractivity contribution is 0.229. The molecule has 1 aliphatic heterocycles. The van der Waals surface area contributed by atoms with Crippen LogP contribution in [0.1, 0.15) is 26.7 Å². The molecule has 1 fully saturated rings. The highest BCUT2D eigenvalue weighted by Crippen LogP contribution is 2.02. The van der Waals surface area contributed by atoms with E-state index in [1.807, 2.05) is 0 Å². The molecule has 1 heterocycles. The van der Waals surface area contributed by atoms with Crippen molar-refractivity contribution in [3.05, 3.63) is 0 Å². The molecule has 0 aromatic rings. The number of hydrogen-bond acceptors (Lipinski definition) is 2. The number of hydrogen-bond donors (Lipinski definition) is 1. The first-order valence-electron chi connectivity index (χ1n) is 5.22. The average molecular weight is 170 g/mol. The van der Waals surface area contributed by atoms with Gasteiger partial charge < -0.3 is 10.2 Å². The molecule has 0 saturated carbocycles. The lowest BCUT2D eigenvalue weighted by atomic mass is 10.2. The van der Waals surface area contributed by atoms with Crippen molar-refractivity contribution in [2.45, 2.75) is 26.7 Å². The van der Waals surface area contributed by atoms with Crippen molar-refractivity contribution in [3.8, 4) is 0 Å². The van der Waals surface area contributed by atoms with Gasteiger partial charge in [0.05, 0.1) is 0 Å². The molecular formula is C10H22N2. The molecule has 0 atom stereocenters. The van der Waals surface area contributed by atoms with E-state index >= 15 is 0 Å². The fourth-order valence-corrected chi connectivity index (χ4v) is 1.76. The summed E-state index contributed by atoms with van der Waals surface area (Å²) in [5.41, 5.74) is 0. The molecule has 72 valence electrons. The summed E-state index contributed by atoms with van der Waals surface area (Å²) in [4.78, 5) is 2.58. The van der Waals surface area contributed by atoms with Gasteiger partial charge in [0.2, 0.25) is 0 Å². The van der Waals surface area contributed by atoms with Gasteiger partial charge in [0.25, 0.3) is 0 Å². The maximum Gasteiger partial charge on any atom is 0.0107 e. The van der Waals surface area contributed by atoms with Gasteiger partial charge in [0.1, 0.15) is 0 Å². The van der Waals surface area contributed by atoms with Gasteiger partial charge in [0.15, 0.2) is 0 Å². The van der Waals surface area contributed by atoms with E-state index in [9.17, 15) is 0 Å². The lowest BCUT2D eigenvalue weighted by Gasteiger charge is -2.26. The Morgan fingerprint density at radius 2 is 2.00 bits per heavy atom. The third-order valence-corrected chi connectivity index (χ3v) is 2.31. The first kappa shape index (κ1) is 10.0. The minimum Gasteiger partial charge on any atom is -0.315 e. The predicted octanol–water partition coefficient (Wildman–Crippen LogP) is 1.33. The second-order valence-corrected chi connectivity index (χ2v) is 4.15. The van der Waals surface area contributed by atoms with Crippen molar-refractivity contribution < 1.29 is 0 Å². The van der Waals surface area contributed by atoms with Crippen LogP contribution in [-0.2, 0) is 0 Å². The largest absolute Gasteiger partial charge is 0.315 e. The number of rotatable bonds is 2. The van der Waals surface area contributed by atoms with E-state index in [2.05, 4.69) is 24.1 Å². The summed E-state index contributed by atoms with van der Waals surface area (Å²) in [5.74, 6) is 0.810. The van der Waals surface area contributed by atoms with Crippen LogP contribution in [0.2, 0.25) is 0 Å². The van der Waals surface area contributed by atoms with Crippen LogP contribution in [0, 0.1) is 5.92 Å². The molecule has 0 aliphatic carbocycles. The molecule has 0 radical (unpaired) electrons. The van der Waals surface area contributed by atoms with E-state index in [4.69, 9.17) is 0 Å². The molecule has 0 spiro atoms. The Balaban J connectivity index is 2.20. The van der Waals surface area contributed by atoms with Gasteiger partial charge in [-0.2, -0.15) is 0 Å². The van der Waals surface area contributed by atoms with Crippen LogP contribution in [-0.4, -0.2) is 37.6 Å². The topological polar surface area (TPSA) is 15.3 Å². The summed E-state index contributed by atoms with van der Waals surface area (Å²) in [7, 11) is 0. The van der Waals surface area contributed by atoms with E-state index < -0.39 is 0 Å². The van der Waals surface area contributed by atoms with Crippen LogP contribution >= 0.6 is 0 Å². The normalized spacial score (nSPS) is 22.2. The molecule has 1 N–H and O–H groups in total. The van der Waals surface area contributed by atoms with Gasteiger partial charge in [-0.25, -0.2) is 0 Å². The summed E-state index contributed by atoms with van der Waals surface area (Å²) in [6.07, 6.45) is 2.70. The Bertz CT molecular complexity index is 104. The van der Waals surface area contributed by atoms with E-state index in [0.29, 0.717) is 0 Å². The predicted molar refractivity (Wildman–Crippen MR) is 53.4 cm³/mol. The molecule has 0 aromatic heterocycles. The third-order valence-electron chi connectivity index (χ3n) is 2.31. The highest BCUT2D eigenvalue weighted by molar-refractivity contribution is 4.65. The Morgan fingerprint density at radius 3 is 2.75 bits per heavy atom. The van der Waals surface area contributed by atoms with Crippen LogP contribution in [0.5, 0.6) is 0 Å². The standard InChI is InChI=1S/C10H22N2/c1-10(2)9-12-7-4-3-5-11-6-8-12/h10-11H,3-9H2,1-2H3. The van der Waals surface area contributed by atoms with Crippen LogP contribution in [0.15, 0.2) is 0 Å². The molecule has 0 aromatic carbocycles. The second-order valence-electron chi connectivity index (χ2n) is 4.15. The molecule has 2 heteroatoms. The molecule has 1 saturated heterocycles. The first-order chi connectivity index (χ1) is 5.79. The molecule has 12 heavy (non-hydrogen) atoms. The van der Waals surface area contributed by atoms with Crippen molar-refractivity contribution in [3.63, 3.8) is 0 Å². The maximum atomic E-state index is 3.45. The molecule has 0 amide bonds. The maximum absolute atomic E-state index is 3.45. The highest BCUT2D eigenvalue weighted by Gasteiger charge is 2.08. The first-order valence-corrected chi connectivity index (χ1v) is 5.22. The highest BCUT2D eigenvalue weighted by atomic mass is 15.1. The van der Waals surface area contributed by atoms with E-state index in [-0.39, 0.29) is 0 Å². The Morgan fingerprint density at radius 1 is 1.17 bits per heavy atom. The van der Waals surface area contributed by atoms with Crippen LogP contribution in [0.25, 0.3) is 0 Å². The molecule has 0 unspecified atom stereocenters. The molecule has 1 rings (SSSR count). The monoisotopic (exact) mass is 170 g/mol. The van der Waals surface area contributed by atoms with Gasteiger partial charge in [-0.1, -0.05) is 13.8 Å². The SMILES string of the molecule is CC(C)CN1CCCCNCC1. The summed E-state index contributed by atoms with van der Waals surface area (Å²) in [5, 5.41) is 3.45. The lowest BCUT2D eigenvalue weighted by Crippen LogP contribution is -2.37. The van der Waals surface area contributed by atoms with Crippen molar-refractivity contribution in [2.24, 2.45) is 5.92 Å². The molecule has 0 bridgehead atoms. The number of nitrogens with zero attached hydrogens (tertiary/aromatic N) is 1. The molecule has 1 aliphatic rings. The average Bonchev–Trinajstić information content (AvgIpc) is 1.93. The minimum atomic E-state index is 0.810. The van der Waals surface area contributed by atoms with E-state index in [1.54, 1.807) is 0 Å². The van der Waals surface area contributed by atoms with Crippen molar-refractivity contribution >= 4 is 0 Å². The van der Waals surface area contributed by atoms with Gasteiger partial charge in [-0.3, -0.25) is 0 Å². The zero-order valence-electron chi connectivity index (χ0n) is 8.47.